The van der Waals surface area contributed by atoms with Crippen molar-refractivity contribution in [1.82, 2.24) is 4.90 Å². The van der Waals surface area contributed by atoms with Crippen molar-refractivity contribution in [3.63, 3.8) is 0 Å². The fourth-order valence-corrected chi connectivity index (χ4v) is 2.88. The molecule has 0 N–H and O–H groups in total. The summed E-state index contributed by atoms with van der Waals surface area (Å²) in [7, 11) is 2.89. The van der Waals surface area contributed by atoms with E-state index in [9.17, 15) is 9.59 Å². The van der Waals surface area contributed by atoms with Gasteiger partial charge in [0.1, 0.15) is 6.61 Å². The second-order valence-electron chi connectivity index (χ2n) is 7.11. The van der Waals surface area contributed by atoms with Crippen LogP contribution in [0, 0.1) is 5.92 Å². The molecule has 1 amide bonds. The number of esters is 1. The zero-order valence-electron chi connectivity index (χ0n) is 17.5. The van der Waals surface area contributed by atoms with Gasteiger partial charge in [0.05, 0.1) is 20.6 Å². The van der Waals surface area contributed by atoms with Gasteiger partial charge >= 0.3 is 5.97 Å². The van der Waals surface area contributed by atoms with Crippen molar-refractivity contribution in [1.29, 1.82) is 0 Å². The minimum Gasteiger partial charge on any atom is -0.493 e. The maximum Gasteiger partial charge on any atom is 0.307 e. The molecule has 0 atom stereocenters. The van der Waals surface area contributed by atoms with E-state index >= 15 is 0 Å². The van der Waals surface area contributed by atoms with E-state index in [1.165, 1.54) is 7.11 Å². The fourth-order valence-electron chi connectivity index (χ4n) is 2.88. The van der Waals surface area contributed by atoms with E-state index in [1.54, 1.807) is 30.2 Å². The van der Waals surface area contributed by atoms with Crippen molar-refractivity contribution in [2.24, 2.45) is 5.92 Å². The summed E-state index contributed by atoms with van der Waals surface area (Å²) in [6, 6.07) is 15.0. The zero-order chi connectivity index (χ0) is 21.2. The summed E-state index contributed by atoms with van der Waals surface area (Å²) in [5, 5.41) is 0. The molecular formula is C23H29NO5. The Balaban J connectivity index is 2.14. The first-order valence-corrected chi connectivity index (χ1v) is 9.65. The van der Waals surface area contributed by atoms with Crippen molar-refractivity contribution >= 4 is 11.9 Å². The first kappa shape index (κ1) is 22.3. The molecule has 0 unspecified atom stereocenters. The second kappa shape index (κ2) is 11.1. The van der Waals surface area contributed by atoms with Gasteiger partial charge in [-0.15, -0.1) is 0 Å². The van der Waals surface area contributed by atoms with E-state index in [0.29, 0.717) is 36.8 Å². The van der Waals surface area contributed by atoms with E-state index in [1.807, 2.05) is 44.2 Å². The Labute approximate surface area is 172 Å². The first-order valence-electron chi connectivity index (χ1n) is 9.65. The maximum atomic E-state index is 13.0. The van der Waals surface area contributed by atoms with Gasteiger partial charge in [0.25, 0.3) is 5.91 Å². The van der Waals surface area contributed by atoms with Gasteiger partial charge in [-0.05, 0) is 29.7 Å². The summed E-state index contributed by atoms with van der Waals surface area (Å²) < 4.78 is 16.0. The summed E-state index contributed by atoms with van der Waals surface area (Å²) in [6.45, 7) is 5.31. The predicted molar refractivity (Wildman–Crippen MR) is 111 cm³/mol. The highest BCUT2D eigenvalue weighted by atomic mass is 16.5. The third-order valence-electron chi connectivity index (χ3n) is 4.33. The van der Waals surface area contributed by atoms with Crippen molar-refractivity contribution in [3.8, 4) is 11.5 Å². The molecule has 2 aromatic carbocycles. The maximum absolute atomic E-state index is 13.0. The van der Waals surface area contributed by atoms with Gasteiger partial charge in [0.15, 0.2) is 11.5 Å². The van der Waals surface area contributed by atoms with Crippen molar-refractivity contribution in [2.45, 2.75) is 26.9 Å². The van der Waals surface area contributed by atoms with Gasteiger partial charge in [0.2, 0.25) is 0 Å². The summed E-state index contributed by atoms with van der Waals surface area (Å²) in [5.41, 5.74) is 1.53. The lowest BCUT2D eigenvalue weighted by Crippen LogP contribution is -2.36. The molecule has 0 saturated heterocycles. The smallest absolute Gasteiger partial charge is 0.307 e. The average Bonchev–Trinajstić information content (AvgIpc) is 2.74. The monoisotopic (exact) mass is 399 g/mol. The standard InChI is InChI=1S/C23H29NO5/c1-17(2)15-24(13-12-22(25)28-4)23(26)19-10-11-20(21(14-19)27-3)29-16-18-8-6-5-7-9-18/h5-11,14,17H,12-13,15-16H2,1-4H3. The molecule has 0 aliphatic heterocycles. The highest BCUT2D eigenvalue weighted by Gasteiger charge is 2.20. The molecule has 0 aromatic heterocycles. The molecule has 0 aliphatic rings. The van der Waals surface area contributed by atoms with Crippen LogP contribution in [0.3, 0.4) is 0 Å². The van der Waals surface area contributed by atoms with Gasteiger partial charge in [-0.2, -0.15) is 0 Å². The topological polar surface area (TPSA) is 65.1 Å². The van der Waals surface area contributed by atoms with Crippen LogP contribution in [-0.4, -0.2) is 44.1 Å². The van der Waals surface area contributed by atoms with Crippen molar-refractivity contribution in [3.05, 3.63) is 59.7 Å². The van der Waals surface area contributed by atoms with E-state index in [-0.39, 0.29) is 24.2 Å². The number of benzene rings is 2. The molecule has 0 fully saturated rings. The lowest BCUT2D eigenvalue weighted by molar-refractivity contribution is -0.140. The highest BCUT2D eigenvalue weighted by molar-refractivity contribution is 5.95. The molecule has 0 bridgehead atoms. The summed E-state index contributed by atoms with van der Waals surface area (Å²) in [5.74, 6) is 0.832. The Morgan fingerprint density at radius 1 is 1.00 bits per heavy atom. The largest absolute Gasteiger partial charge is 0.493 e. The molecule has 156 valence electrons. The van der Waals surface area contributed by atoms with Crippen LogP contribution in [-0.2, 0) is 16.1 Å². The van der Waals surface area contributed by atoms with Crippen LogP contribution in [0.4, 0.5) is 0 Å². The number of ether oxygens (including phenoxy) is 3. The molecule has 0 spiro atoms. The van der Waals surface area contributed by atoms with Crippen LogP contribution in [0.5, 0.6) is 11.5 Å². The minimum atomic E-state index is -0.339. The summed E-state index contributed by atoms with van der Waals surface area (Å²) >= 11 is 0. The van der Waals surface area contributed by atoms with Gasteiger partial charge in [0, 0.05) is 18.7 Å². The Morgan fingerprint density at radius 2 is 1.72 bits per heavy atom. The quantitative estimate of drug-likeness (QED) is 0.566. The number of nitrogens with zero attached hydrogens (tertiary/aromatic N) is 1. The van der Waals surface area contributed by atoms with Gasteiger partial charge in [-0.25, -0.2) is 0 Å². The van der Waals surface area contributed by atoms with E-state index < -0.39 is 0 Å². The Hall–Kier alpha value is -3.02. The zero-order valence-corrected chi connectivity index (χ0v) is 17.5. The number of carbonyl (C=O) groups is 2. The summed E-state index contributed by atoms with van der Waals surface area (Å²) in [6.07, 6.45) is 0.157. The second-order valence-corrected chi connectivity index (χ2v) is 7.11. The minimum absolute atomic E-state index is 0.157. The number of hydrogen-bond donors (Lipinski definition) is 0. The first-order chi connectivity index (χ1) is 13.9. The Morgan fingerprint density at radius 3 is 2.34 bits per heavy atom. The third-order valence-corrected chi connectivity index (χ3v) is 4.33. The van der Waals surface area contributed by atoms with Gasteiger partial charge in [-0.1, -0.05) is 44.2 Å². The predicted octanol–water partition coefficient (Wildman–Crippen LogP) is 3.94. The normalized spacial score (nSPS) is 10.5. The van der Waals surface area contributed by atoms with E-state index in [4.69, 9.17) is 14.2 Å². The van der Waals surface area contributed by atoms with Gasteiger partial charge < -0.3 is 19.1 Å². The Bertz CT molecular complexity index is 804. The highest BCUT2D eigenvalue weighted by Crippen LogP contribution is 2.29. The molecular weight excluding hydrogens is 370 g/mol. The molecule has 29 heavy (non-hydrogen) atoms. The number of amides is 1. The molecule has 0 aliphatic carbocycles. The van der Waals surface area contributed by atoms with Crippen LogP contribution in [0.2, 0.25) is 0 Å². The fraction of sp³-hybridized carbons (Fsp3) is 0.391. The molecule has 0 saturated carbocycles. The number of methoxy groups -OCH3 is 2. The van der Waals surface area contributed by atoms with Crippen LogP contribution >= 0.6 is 0 Å². The lowest BCUT2D eigenvalue weighted by atomic mass is 10.1. The number of rotatable bonds is 10. The van der Waals surface area contributed by atoms with E-state index in [0.717, 1.165) is 5.56 Å². The number of carbonyl (C=O) groups excluding carboxylic acids is 2. The molecule has 0 heterocycles. The third kappa shape index (κ3) is 6.82. The summed E-state index contributed by atoms with van der Waals surface area (Å²) in [4.78, 5) is 26.2. The molecule has 2 aromatic rings. The Kier molecular flexibility index (Phi) is 8.52. The lowest BCUT2D eigenvalue weighted by Gasteiger charge is -2.24. The molecule has 0 radical (unpaired) electrons. The van der Waals surface area contributed by atoms with E-state index in [2.05, 4.69) is 0 Å². The average molecular weight is 399 g/mol. The molecule has 6 nitrogen and oxygen atoms in total. The van der Waals surface area contributed by atoms with Crippen LogP contribution in [0.15, 0.2) is 48.5 Å². The van der Waals surface area contributed by atoms with Crippen LogP contribution in [0.25, 0.3) is 0 Å². The van der Waals surface area contributed by atoms with Crippen molar-refractivity contribution in [2.75, 3.05) is 27.3 Å². The SMILES string of the molecule is COC(=O)CCN(CC(C)C)C(=O)c1ccc(OCc2ccccc2)c(OC)c1. The molecule has 2 rings (SSSR count). The van der Waals surface area contributed by atoms with Crippen molar-refractivity contribution < 1.29 is 23.8 Å². The molecule has 6 heteroatoms. The van der Waals surface area contributed by atoms with Gasteiger partial charge in [-0.3, -0.25) is 9.59 Å². The number of hydrogen-bond acceptors (Lipinski definition) is 5. The van der Waals surface area contributed by atoms with Crippen LogP contribution < -0.4 is 9.47 Å². The van der Waals surface area contributed by atoms with Crippen LogP contribution in [0.1, 0.15) is 36.2 Å².